The summed E-state index contributed by atoms with van der Waals surface area (Å²) in [5, 5.41) is 12.2. The number of aryl methyl sites for hydroxylation is 2. The second kappa shape index (κ2) is 7.36. The second-order valence-corrected chi connectivity index (χ2v) is 6.41. The normalized spacial score (nSPS) is 10.8. The zero-order valence-corrected chi connectivity index (χ0v) is 15.3. The number of aromatic nitrogens is 1. The summed E-state index contributed by atoms with van der Waals surface area (Å²) in [6, 6.07) is 11.7. The minimum absolute atomic E-state index is 0.126. The van der Waals surface area contributed by atoms with Crippen molar-refractivity contribution in [3.63, 3.8) is 0 Å². The molecule has 6 nitrogen and oxygen atoms in total. The van der Waals surface area contributed by atoms with E-state index in [1.54, 1.807) is 6.07 Å². The van der Waals surface area contributed by atoms with E-state index < -0.39 is 0 Å². The molecule has 2 heterocycles. The van der Waals surface area contributed by atoms with E-state index in [4.69, 9.17) is 13.6 Å². The summed E-state index contributed by atoms with van der Waals surface area (Å²) in [5.41, 5.74) is 2.61. The highest BCUT2D eigenvalue weighted by Gasteiger charge is 2.18. The van der Waals surface area contributed by atoms with Gasteiger partial charge in [-0.05, 0) is 63.1 Å². The summed E-state index contributed by atoms with van der Waals surface area (Å²) in [4.78, 5) is 4.18. The Labute approximate surface area is 152 Å². The average molecular weight is 351 g/mol. The van der Waals surface area contributed by atoms with E-state index in [2.05, 4.69) is 17.2 Å². The Morgan fingerprint density at radius 3 is 2.65 bits per heavy atom. The van der Waals surface area contributed by atoms with Crippen LogP contribution < -0.4 is 10.1 Å². The van der Waals surface area contributed by atoms with Crippen LogP contribution in [0, 0.1) is 25.2 Å². The third-order valence-corrected chi connectivity index (χ3v) is 3.88. The van der Waals surface area contributed by atoms with Crippen molar-refractivity contribution in [1.82, 2.24) is 4.98 Å². The molecule has 0 amide bonds. The van der Waals surface area contributed by atoms with Crippen molar-refractivity contribution in [2.45, 2.75) is 40.3 Å². The standard InChI is InChI=1S/C20H21N3O3/c1-12(2)22-19-17(10-21)23-20(26-19)18-8-7-16(25-18)11-24-15-6-5-13(3)14(4)9-15/h5-9,12,22H,11H2,1-4H3. The van der Waals surface area contributed by atoms with Gasteiger partial charge in [0.1, 0.15) is 24.2 Å². The second-order valence-electron chi connectivity index (χ2n) is 6.41. The highest BCUT2D eigenvalue weighted by Crippen LogP contribution is 2.28. The van der Waals surface area contributed by atoms with E-state index in [0.29, 0.717) is 24.0 Å². The number of rotatable bonds is 6. The van der Waals surface area contributed by atoms with Crippen molar-refractivity contribution in [2.24, 2.45) is 0 Å². The van der Waals surface area contributed by atoms with Crippen LogP contribution in [0.5, 0.6) is 5.75 Å². The molecule has 0 aliphatic heterocycles. The first-order valence-electron chi connectivity index (χ1n) is 8.43. The Bertz CT molecular complexity index is 948. The maximum atomic E-state index is 9.19. The fraction of sp³-hybridized carbons (Fsp3) is 0.300. The minimum atomic E-state index is 0.126. The van der Waals surface area contributed by atoms with Crippen LogP contribution in [-0.2, 0) is 6.61 Å². The van der Waals surface area contributed by atoms with Gasteiger partial charge >= 0.3 is 0 Å². The quantitative estimate of drug-likeness (QED) is 0.685. The molecule has 0 saturated heterocycles. The van der Waals surface area contributed by atoms with Crippen LogP contribution in [-0.4, -0.2) is 11.0 Å². The lowest BCUT2D eigenvalue weighted by atomic mass is 10.1. The van der Waals surface area contributed by atoms with Crippen LogP contribution in [0.15, 0.2) is 39.2 Å². The van der Waals surface area contributed by atoms with Gasteiger partial charge in [-0.25, -0.2) is 0 Å². The zero-order valence-electron chi connectivity index (χ0n) is 15.3. The molecular formula is C20H21N3O3. The van der Waals surface area contributed by atoms with Crippen LogP contribution in [0.4, 0.5) is 5.88 Å². The van der Waals surface area contributed by atoms with Gasteiger partial charge in [-0.2, -0.15) is 10.2 Å². The molecule has 6 heteroatoms. The molecule has 0 spiro atoms. The fourth-order valence-electron chi connectivity index (χ4n) is 2.39. The smallest absolute Gasteiger partial charge is 0.266 e. The number of hydrogen-bond acceptors (Lipinski definition) is 6. The van der Waals surface area contributed by atoms with Crippen LogP contribution >= 0.6 is 0 Å². The van der Waals surface area contributed by atoms with Crippen LogP contribution in [0.2, 0.25) is 0 Å². The van der Waals surface area contributed by atoms with E-state index >= 15 is 0 Å². The van der Waals surface area contributed by atoms with Crippen molar-refractivity contribution < 1.29 is 13.6 Å². The molecule has 0 unspecified atom stereocenters. The highest BCUT2D eigenvalue weighted by molar-refractivity contribution is 5.54. The summed E-state index contributed by atoms with van der Waals surface area (Å²) in [5.74, 6) is 2.51. The van der Waals surface area contributed by atoms with E-state index in [9.17, 15) is 5.26 Å². The van der Waals surface area contributed by atoms with E-state index in [1.165, 1.54) is 11.1 Å². The number of nitrogens with one attached hydrogen (secondary N) is 1. The molecule has 3 aromatic rings. The summed E-state index contributed by atoms with van der Waals surface area (Å²) in [6.07, 6.45) is 0. The van der Waals surface area contributed by atoms with Gasteiger partial charge in [-0.3, -0.25) is 0 Å². The number of furan rings is 1. The van der Waals surface area contributed by atoms with Gasteiger partial charge in [0.2, 0.25) is 11.6 Å². The van der Waals surface area contributed by atoms with Gasteiger partial charge in [0.15, 0.2) is 5.76 Å². The molecule has 1 aromatic carbocycles. The Balaban J connectivity index is 1.72. The van der Waals surface area contributed by atoms with E-state index in [0.717, 1.165) is 5.75 Å². The first-order valence-corrected chi connectivity index (χ1v) is 8.43. The Hall–Kier alpha value is -3.20. The monoisotopic (exact) mass is 351 g/mol. The predicted molar refractivity (Wildman–Crippen MR) is 97.9 cm³/mol. The molecule has 0 atom stereocenters. The van der Waals surface area contributed by atoms with Crippen molar-refractivity contribution >= 4 is 5.88 Å². The minimum Gasteiger partial charge on any atom is -0.486 e. The van der Waals surface area contributed by atoms with E-state index in [-0.39, 0.29) is 17.6 Å². The SMILES string of the molecule is Cc1ccc(OCc2ccc(-c3nc(C#N)c(NC(C)C)o3)o2)cc1C. The maximum Gasteiger partial charge on any atom is 0.266 e. The third-order valence-electron chi connectivity index (χ3n) is 3.88. The molecule has 0 fully saturated rings. The van der Waals surface area contributed by atoms with E-state index in [1.807, 2.05) is 51.1 Å². The number of nitriles is 1. The van der Waals surface area contributed by atoms with Gasteiger partial charge in [-0.1, -0.05) is 6.07 Å². The topological polar surface area (TPSA) is 84.2 Å². The lowest BCUT2D eigenvalue weighted by Gasteiger charge is -2.06. The van der Waals surface area contributed by atoms with Gasteiger partial charge in [-0.15, -0.1) is 0 Å². The first kappa shape index (κ1) is 17.6. The fourth-order valence-corrected chi connectivity index (χ4v) is 2.39. The van der Waals surface area contributed by atoms with Crippen LogP contribution in [0.3, 0.4) is 0 Å². The van der Waals surface area contributed by atoms with Crippen LogP contribution in [0.1, 0.15) is 36.4 Å². The maximum absolute atomic E-state index is 9.19. The van der Waals surface area contributed by atoms with Crippen molar-refractivity contribution in [2.75, 3.05) is 5.32 Å². The Kier molecular flexibility index (Phi) is 4.99. The van der Waals surface area contributed by atoms with Gasteiger partial charge in [0.25, 0.3) is 5.89 Å². The van der Waals surface area contributed by atoms with Gasteiger partial charge in [0, 0.05) is 6.04 Å². The van der Waals surface area contributed by atoms with Gasteiger partial charge in [0.05, 0.1) is 0 Å². The summed E-state index contributed by atoms with van der Waals surface area (Å²) < 4.78 is 17.1. The number of benzene rings is 1. The molecule has 0 aliphatic rings. The zero-order chi connectivity index (χ0) is 18.7. The molecule has 0 radical (unpaired) electrons. The molecular weight excluding hydrogens is 330 g/mol. The Morgan fingerprint density at radius 1 is 1.15 bits per heavy atom. The van der Waals surface area contributed by atoms with Crippen LogP contribution in [0.25, 0.3) is 11.7 Å². The number of hydrogen-bond donors (Lipinski definition) is 1. The molecule has 2 aromatic heterocycles. The van der Waals surface area contributed by atoms with Crippen molar-refractivity contribution in [3.8, 4) is 23.5 Å². The summed E-state index contributed by atoms with van der Waals surface area (Å²) >= 11 is 0. The summed E-state index contributed by atoms with van der Waals surface area (Å²) in [6.45, 7) is 8.32. The molecule has 1 N–H and O–H groups in total. The molecule has 0 saturated carbocycles. The lowest BCUT2D eigenvalue weighted by Crippen LogP contribution is -2.09. The largest absolute Gasteiger partial charge is 0.486 e. The first-order chi connectivity index (χ1) is 12.5. The molecule has 0 bridgehead atoms. The van der Waals surface area contributed by atoms with Crippen molar-refractivity contribution in [1.29, 1.82) is 5.26 Å². The van der Waals surface area contributed by atoms with Crippen molar-refractivity contribution in [3.05, 3.63) is 52.9 Å². The molecule has 3 rings (SSSR count). The number of anilines is 1. The van der Waals surface area contributed by atoms with Gasteiger partial charge < -0.3 is 18.9 Å². The third kappa shape index (κ3) is 3.89. The molecule has 134 valence electrons. The number of nitrogens with zero attached hydrogens (tertiary/aromatic N) is 2. The number of ether oxygens (including phenoxy) is 1. The number of oxazole rings is 1. The summed E-state index contributed by atoms with van der Waals surface area (Å²) in [7, 11) is 0. The lowest BCUT2D eigenvalue weighted by molar-refractivity contribution is 0.271. The molecule has 0 aliphatic carbocycles. The molecule has 26 heavy (non-hydrogen) atoms. The Morgan fingerprint density at radius 2 is 1.96 bits per heavy atom. The highest BCUT2D eigenvalue weighted by atomic mass is 16.5. The average Bonchev–Trinajstić information content (AvgIpc) is 3.22. The predicted octanol–water partition coefficient (Wildman–Crippen LogP) is 4.82.